The summed E-state index contributed by atoms with van der Waals surface area (Å²) in [5.41, 5.74) is 5.51. The highest BCUT2D eigenvalue weighted by Crippen LogP contribution is 2.18. The smallest absolute Gasteiger partial charge is 0.325 e. The van der Waals surface area contributed by atoms with E-state index in [1.165, 1.54) is 11.8 Å². The molecule has 142 valence electrons. The molecule has 0 aliphatic carbocycles. The second kappa shape index (κ2) is 9.59. The molecule has 3 amide bonds. The van der Waals surface area contributed by atoms with Crippen LogP contribution in [0.25, 0.3) is 0 Å². The van der Waals surface area contributed by atoms with Crippen LogP contribution in [0, 0.1) is 0 Å². The Hall–Kier alpha value is -1.85. The molecule has 0 bridgehead atoms. The van der Waals surface area contributed by atoms with Crippen LogP contribution in [-0.4, -0.2) is 81.9 Å². The van der Waals surface area contributed by atoms with E-state index in [1.807, 2.05) is 0 Å². The van der Waals surface area contributed by atoms with E-state index in [0.717, 1.165) is 0 Å². The van der Waals surface area contributed by atoms with Crippen molar-refractivity contribution in [2.24, 2.45) is 5.73 Å². The van der Waals surface area contributed by atoms with Crippen molar-refractivity contribution >= 4 is 36.3 Å². The number of hydrogen-bond donors (Lipinski definition) is 6. The van der Waals surface area contributed by atoms with Crippen molar-refractivity contribution in [2.75, 3.05) is 18.9 Å². The number of aliphatic carboxylic acids is 1. The zero-order valence-corrected chi connectivity index (χ0v) is 14.7. The lowest BCUT2D eigenvalue weighted by Gasteiger charge is -2.27. The number of carboxylic acid groups (broad SMARTS) is 1. The molecule has 10 nitrogen and oxygen atoms in total. The highest BCUT2D eigenvalue weighted by molar-refractivity contribution is 7.80. The summed E-state index contributed by atoms with van der Waals surface area (Å²) in [7, 11) is 0. The van der Waals surface area contributed by atoms with Gasteiger partial charge >= 0.3 is 5.97 Å². The van der Waals surface area contributed by atoms with Crippen molar-refractivity contribution in [1.29, 1.82) is 0 Å². The van der Waals surface area contributed by atoms with Gasteiger partial charge in [0.05, 0.1) is 6.61 Å². The molecule has 0 saturated carbocycles. The van der Waals surface area contributed by atoms with E-state index in [1.54, 1.807) is 0 Å². The summed E-state index contributed by atoms with van der Waals surface area (Å²) in [6.45, 7) is 1.10. The summed E-state index contributed by atoms with van der Waals surface area (Å²) in [6, 6.07) is -4.05. The molecule has 6 N–H and O–H groups in total. The number of hydrogen-bond acceptors (Lipinski definition) is 7. The van der Waals surface area contributed by atoms with Crippen LogP contribution in [0.2, 0.25) is 0 Å². The van der Waals surface area contributed by atoms with E-state index in [4.69, 9.17) is 15.9 Å². The fraction of sp³-hybridized carbons (Fsp3) is 0.714. The second-order valence-corrected chi connectivity index (χ2v) is 6.16. The van der Waals surface area contributed by atoms with Crippen LogP contribution in [-0.2, 0) is 19.2 Å². The first-order chi connectivity index (χ1) is 11.7. The molecule has 0 spiro atoms. The Kier molecular flexibility index (Phi) is 8.13. The number of likely N-dealkylation sites (tertiary alicyclic amines) is 1. The molecular formula is C14H24N4O6S. The van der Waals surface area contributed by atoms with Crippen molar-refractivity contribution in [3.8, 4) is 0 Å². The van der Waals surface area contributed by atoms with Crippen molar-refractivity contribution in [1.82, 2.24) is 15.5 Å². The number of carbonyl (C=O) groups is 4. The van der Waals surface area contributed by atoms with E-state index < -0.39 is 54.5 Å². The summed E-state index contributed by atoms with van der Waals surface area (Å²) in [5, 5.41) is 22.5. The maximum absolute atomic E-state index is 12.4. The van der Waals surface area contributed by atoms with E-state index in [9.17, 15) is 19.2 Å². The van der Waals surface area contributed by atoms with E-state index in [2.05, 4.69) is 23.3 Å². The number of nitrogens with zero attached hydrogens (tertiary/aromatic N) is 1. The molecule has 1 rings (SSSR count). The molecule has 1 saturated heterocycles. The predicted molar refractivity (Wildman–Crippen MR) is 90.8 cm³/mol. The fourth-order valence-corrected chi connectivity index (χ4v) is 2.69. The standard InChI is InChI=1S/C14H24N4O6S/c1-7(14(23)24)16-11(20)9(6-25)17-12(21)10-3-2-4-18(10)13(22)8(15)5-19/h7-10,19,25H,2-6,15H2,1H3,(H,16,20)(H,17,21)(H,23,24). The molecule has 0 aromatic carbocycles. The maximum atomic E-state index is 12.4. The molecule has 1 aliphatic rings. The van der Waals surface area contributed by atoms with Gasteiger partial charge in [-0.1, -0.05) is 0 Å². The minimum atomic E-state index is -1.21. The van der Waals surface area contributed by atoms with Gasteiger partial charge in [0.25, 0.3) is 0 Å². The maximum Gasteiger partial charge on any atom is 0.325 e. The first kappa shape index (κ1) is 21.2. The number of carboxylic acids is 1. The summed E-state index contributed by atoms with van der Waals surface area (Å²) >= 11 is 4.00. The molecule has 4 atom stereocenters. The van der Waals surface area contributed by atoms with Crippen molar-refractivity contribution < 1.29 is 29.4 Å². The summed E-state index contributed by atoms with van der Waals surface area (Å²) in [5.74, 6) is -3.01. The molecule has 11 heteroatoms. The van der Waals surface area contributed by atoms with Crippen molar-refractivity contribution in [3.05, 3.63) is 0 Å². The van der Waals surface area contributed by atoms with Gasteiger partial charge in [-0.3, -0.25) is 19.2 Å². The molecule has 0 radical (unpaired) electrons. The summed E-state index contributed by atoms with van der Waals surface area (Å²) < 4.78 is 0. The van der Waals surface area contributed by atoms with Gasteiger partial charge in [0.2, 0.25) is 17.7 Å². The topological polar surface area (TPSA) is 162 Å². The lowest BCUT2D eigenvalue weighted by Crippen LogP contribution is -2.57. The van der Waals surface area contributed by atoms with Crippen LogP contribution in [0.5, 0.6) is 0 Å². The van der Waals surface area contributed by atoms with Crippen LogP contribution >= 0.6 is 12.6 Å². The molecule has 1 heterocycles. The predicted octanol–water partition coefficient (Wildman–Crippen LogP) is -2.70. The van der Waals surface area contributed by atoms with Gasteiger partial charge in [0.1, 0.15) is 24.2 Å². The van der Waals surface area contributed by atoms with Gasteiger partial charge < -0.3 is 31.5 Å². The highest BCUT2D eigenvalue weighted by Gasteiger charge is 2.37. The minimum absolute atomic E-state index is 0.0409. The van der Waals surface area contributed by atoms with E-state index >= 15 is 0 Å². The fourth-order valence-electron chi connectivity index (χ4n) is 2.43. The molecule has 0 aromatic rings. The SMILES string of the molecule is CC(NC(=O)C(CS)NC(=O)C1CCCN1C(=O)C(N)CO)C(=O)O. The number of aliphatic hydroxyl groups excluding tert-OH is 1. The average Bonchev–Trinajstić information content (AvgIpc) is 3.07. The van der Waals surface area contributed by atoms with Crippen molar-refractivity contribution in [2.45, 2.75) is 43.9 Å². The zero-order chi connectivity index (χ0) is 19.1. The number of rotatable bonds is 8. The number of thiol groups is 1. The number of carbonyl (C=O) groups excluding carboxylic acids is 3. The number of nitrogens with one attached hydrogen (secondary N) is 2. The van der Waals surface area contributed by atoms with Crippen molar-refractivity contribution in [3.63, 3.8) is 0 Å². The lowest BCUT2D eigenvalue weighted by atomic mass is 10.1. The largest absolute Gasteiger partial charge is 0.480 e. The first-order valence-corrected chi connectivity index (χ1v) is 8.47. The Bertz CT molecular complexity index is 531. The van der Waals surface area contributed by atoms with Crippen LogP contribution in [0.3, 0.4) is 0 Å². The second-order valence-electron chi connectivity index (χ2n) is 5.79. The van der Waals surface area contributed by atoms with Crippen LogP contribution in [0.4, 0.5) is 0 Å². The van der Waals surface area contributed by atoms with Gasteiger partial charge in [-0.05, 0) is 19.8 Å². The normalized spacial score (nSPS) is 20.5. The monoisotopic (exact) mass is 376 g/mol. The van der Waals surface area contributed by atoms with Gasteiger partial charge in [0, 0.05) is 12.3 Å². The van der Waals surface area contributed by atoms with Gasteiger partial charge in [-0.25, -0.2) is 0 Å². The molecule has 0 aromatic heterocycles. The summed E-state index contributed by atoms with van der Waals surface area (Å²) in [4.78, 5) is 48.6. The number of amides is 3. The third kappa shape index (κ3) is 5.58. The Labute approximate surface area is 150 Å². The van der Waals surface area contributed by atoms with Gasteiger partial charge in [0.15, 0.2) is 0 Å². The average molecular weight is 376 g/mol. The Balaban J connectivity index is 2.72. The van der Waals surface area contributed by atoms with E-state index in [-0.39, 0.29) is 5.75 Å². The molecule has 4 unspecified atom stereocenters. The zero-order valence-electron chi connectivity index (χ0n) is 13.8. The summed E-state index contributed by atoms with van der Waals surface area (Å²) in [6.07, 6.45) is 0.998. The van der Waals surface area contributed by atoms with Crippen LogP contribution < -0.4 is 16.4 Å². The van der Waals surface area contributed by atoms with E-state index in [0.29, 0.717) is 19.4 Å². The first-order valence-electron chi connectivity index (χ1n) is 7.84. The quantitative estimate of drug-likeness (QED) is 0.251. The molecular weight excluding hydrogens is 352 g/mol. The Morgan fingerprint density at radius 3 is 2.48 bits per heavy atom. The Morgan fingerprint density at radius 2 is 1.96 bits per heavy atom. The number of aliphatic hydroxyl groups is 1. The van der Waals surface area contributed by atoms with Crippen LogP contribution in [0.1, 0.15) is 19.8 Å². The molecule has 1 fully saturated rings. The lowest BCUT2D eigenvalue weighted by molar-refractivity contribution is -0.142. The van der Waals surface area contributed by atoms with Gasteiger partial charge in [-0.2, -0.15) is 12.6 Å². The minimum Gasteiger partial charge on any atom is -0.480 e. The number of nitrogens with two attached hydrogens (primary N) is 1. The Morgan fingerprint density at radius 1 is 1.32 bits per heavy atom. The van der Waals surface area contributed by atoms with Crippen LogP contribution in [0.15, 0.2) is 0 Å². The molecule has 25 heavy (non-hydrogen) atoms. The highest BCUT2D eigenvalue weighted by atomic mass is 32.1. The third-order valence-electron chi connectivity index (χ3n) is 3.90. The third-order valence-corrected chi connectivity index (χ3v) is 4.26. The van der Waals surface area contributed by atoms with Gasteiger partial charge in [-0.15, -0.1) is 0 Å². The molecule has 1 aliphatic heterocycles.